The molecule has 13 heteroatoms. The van der Waals surface area contributed by atoms with Gasteiger partial charge in [-0.15, -0.1) is 0 Å². The van der Waals surface area contributed by atoms with Gasteiger partial charge in [-0.25, -0.2) is 18.0 Å². The molecule has 0 bridgehead atoms. The molecule has 0 aliphatic carbocycles. The van der Waals surface area contributed by atoms with Crippen LogP contribution in [-0.2, 0) is 46.7 Å². The van der Waals surface area contributed by atoms with Gasteiger partial charge in [0.2, 0.25) is 0 Å². The molecule has 296 valence electrons. The third kappa shape index (κ3) is 15.0. The van der Waals surface area contributed by atoms with Crippen molar-refractivity contribution in [2.45, 2.75) is 85.9 Å². The third-order valence-corrected chi connectivity index (χ3v) is 10.2. The second kappa shape index (κ2) is 19.5. The molecule has 0 saturated heterocycles. The minimum Gasteiger partial charge on any atom is -0.744 e. The topological polar surface area (TPSA) is 150 Å². The van der Waals surface area contributed by atoms with Crippen LogP contribution < -0.4 is 14.2 Å². The van der Waals surface area contributed by atoms with Crippen LogP contribution in [0.25, 0.3) is 0 Å². The number of esters is 2. The molecule has 0 aliphatic rings. The van der Waals surface area contributed by atoms with Crippen molar-refractivity contribution in [3.8, 4) is 17.2 Å². The van der Waals surface area contributed by atoms with Crippen molar-refractivity contribution in [2.24, 2.45) is 0 Å². The molecule has 0 saturated carbocycles. The Morgan fingerprint density at radius 3 is 1.55 bits per heavy atom. The Morgan fingerprint density at radius 2 is 1.11 bits per heavy atom. The summed E-state index contributed by atoms with van der Waals surface area (Å²) >= 11 is 0. The maximum atomic E-state index is 12.1. The van der Waals surface area contributed by atoms with E-state index >= 15 is 0 Å². The lowest BCUT2D eigenvalue weighted by Gasteiger charge is -2.19. The average Bonchev–Trinajstić information content (AvgIpc) is 3.13. The largest absolute Gasteiger partial charge is 0.744 e. The fourth-order valence-electron chi connectivity index (χ4n) is 4.82. The number of rotatable bonds is 13. The van der Waals surface area contributed by atoms with E-state index in [1.807, 2.05) is 127 Å². The van der Waals surface area contributed by atoms with Gasteiger partial charge < -0.3 is 28.2 Å². The molecular formula is C43H47NO10S2. The highest BCUT2D eigenvalue weighted by molar-refractivity contribution is 7.97. The molecule has 0 spiro atoms. The first-order valence-corrected chi connectivity index (χ1v) is 20.3. The summed E-state index contributed by atoms with van der Waals surface area (Å²) in [7, 11) is -4.80. The van der Waals surface area contributed by atoms with Crippen molar-refractivity contribution in [3.63, 3.8) is 0 Å². The van der Waals surface area contributed by atoms with Gasteiger partial charge in [-0.1, -0.05) is 23.8 Å². The molecule has 0 amide bonds. The van der Waals surface area contributed by atoms with Crippen molar-refractivity contribution < 1.29 is 46.2 Å². The Bertz CT molecular complexity index is 2050. The van der Waals surface area contributed by atoms with Gasteiger partial charge in [0, 0.05) is 18.5 Å². The Labute approximate surface area is 332 Å². The van der Waals surface area contributed by atoms with Gasteiger partial charge in [0.15, 0.2) is 27.9 Å². The molecule has 0 aliphatic heterocycles. The highest BCUT2D eigenvalue weighted by Gasteiger charge is 2.30. The molecule has 1 aromatic heterocycles. The lowest BCUT2D eigenvalue weighted by atomic mass is 10.2. The molecule has 5 rings (SSSR count). The first-order valence-electron chi connectivity index (χ1n) is 17.6. The molecule has 56 heavy (non-hydrogen) atoms. The van der Waals surface area contributed by atoms with Crippen LogP contribution in [0.1, 0.15) is 52.7 Å². The van der Waals surface area contributed by atoms with Gasteiger partial charge in [-0.3, -0.25) is 4.98 Å². The first-order chi connectivity index (χ1) is 26.3. The zero-order valence-corrected chi connectivity index (χ0v) is 34.1. The quantitative estimate of drug-likeness (QED) is 0.0646. The summed E-state index contributed by atoms with van der Waals surface area (Å²) in [5, 5.41) is 0. The fraction of sp³-hybridized carbons (Fsp3) is 0.279. The Morgan fingerprint density at radius 1 is 0.625 bits per heavy atom. The minimum atomic E-state index is -4.27. The average molecular weight is 802 g/mol. The Balaban J connectivity index is 0.000000544. The number of ether oxygens (including phenoxy) is 5. The molecule has 1 heterocycles. The highest BCUT2D eigenvalue weighted by Crippen LogP contribution is 2.35. The first kappa shape index (κ1) is 43.4. The zero-order chi connectivity index (χ0) is 40.9. The normalized spacial score (nSPS) is 11.5. The second-order valence-electron chi connectivity index (χ2n) is 14.4. The van der Waals surface area contributed by atoms with Gasteiger partial charge in [-0.05, 0) is 139 Å². The number of carbonyl (C=O) groups is 2. The summed E-state index contributed by atoms with van der Waals surface area (Å²) < 4.78 is 59.4. The number of hydrogen-bond acceptors (Lipinski definition) is 11. The van der Waals surface area contributed by atoms with E-state index in [9.17, 15) is 22.6 Å². The van der Waals surface area contributed by atoms with Crippen molar-refractivity contribution >= 4 is 33.0 Å². The number of carbonyl (C=O) groups excluding carboxylic acids is 2. The van der Waals surface area contributed by atoms with Gasteiger partial charge in [-0.2, -0.15) is 0 Å². The molecule has 5 aromatic rings. The van der Waals surface area contributed by atoms with Crippen LogP contribution in [-0.4, -0.2) is 54.3 Å². The molecule has 11 nitrogen and oxygen atoms in total. The van der Waals surface area contributed by atoms with Gasteiger partial charge >= 0.3 is 11.9 Å². The third-order valence-electron chi connectivity index (χ3n) is 7.18. The Hall–Kier alpha value is -5.37. The van der Waals surface area contributed by atoms with Crippen LogP contribution in [0.2, 0.25) is 0 Å². The van der Waals surface area contributed by atoms with E-state index in [1.54, 1.807) is 24.5 Å². The molecule has 0 atom stereocenters. The predicted octanol–water partition coefficient (Wildman–Crippen LogP) is 8.10. The van der Waals surface area contributed by atoms with Crippen molar-refractivity contribution in [3.05, 3.63) is 133 Å². The molecule has 0 unspecified atom stereocenters. The smallest absolute Gasteiger partial charge is 0.344 e. The summed E-state index contributed by atoms with van der Waals surface area (Å²) in [6.45, 7) is 12.8. The molecule has 0 N–H and O–H groups in total. The number of aromatic nitrogens is 1. The van der Waals surface area contributed by atoms with E-state index in [0.717, 1.165) is 31.6 Å². The van der Waals surface area contributed by atoms with E-state index < -0.39 is 44.2 Å². The lowest BCUT2D eigenvalue weighted by molar-refractivity contribution is -0.158. The highest BCUT2D eigenvalue weighted by atomic mass is 32.2. The standard InChI is InChI=1S/C36H40NO7S.C7H8O3S/c1-35(2,3)43-33(38)24-41-27-10-14-30(15-11-27)45(31-16-12-28(13-17-31)42-25-34(39)44-36(4,5)6)32-9-7-8-29(22-32)40-23-26-18-20-37-21-19-26;1-6-2-4-7(5-3-6)11(8,9)10/h7-22H,23-25H2,1-6H3;2-5H,1H3,(H,8,9,10)/q+1;/p-1. The van der Waals surface area contributed by atoms with Crippen LogP contribution in [0.5, 0.6) is 17.2 Å². The molecule has 0 radical (unpaired) electrons. The van der Waals surface area contributed by atoms with E-state index in [2.05, 4.69) is 11.1 Å². The molecule has 0 fully saturated rings. The monoisotopic (exact) mass is 801 g/mol. The van der Waals surface area contributed by atoms with E-state index in [0.29, 0.717) is 18.1 Å². The minimum absolute atomic E-state index is 0.177. The molecule has 4 aromatic carbocycles. The van der Waals surface area contributed by atoms with Gasteiger partial charge in [0.25, 0.3) is 0 Å². The SMILES string of the molecule is CC(C)(C)OC(=O)COc1ccc([S+](c2ccc(OCC(=O)OC(C)(C)C)cc2)c2cccc(OCc3ccncc3)c2)cc1.Cc1ccc(S(=O)(=O)[O-])cc1. The maximum absolute atomic E-state index is 12.1. The number of benzene rings is 4. The lowest BCUT2D eigenvalue weighted by Crippen LogP contribution is -2.27. The maximum Gasteiger partial charge on any atom is 0.344 e. The van der Waals surface area contributed by atoms with Crippen LogP contribution >= 0.6 is 0 Å². The van der Waals surface area contributed by atoms with Crippen LogP contribution in [0.15, 0.2) is 141 Å². The summed E-state index contributed by atoms with van der Waals surface area (Å²) in [5.74, 6) is 1.02. The predicted molar refractivity (Wildman–Crippen MR) is 212 cm³/mol. The number of nitrogens with zero attached hydrogens (tertiary/aromatic N) is 1. The second-order valence-corrected chi connectivity index (χ2v) is 17.8. The Kier molecular flexibility index (Phi) is 15.1. The van der Waals surface area contributed by atoms with Crippen molar-refractivity contribution in [1.82, 2.24) is 4.98 Å². The number of hydrogen-bond donors (Lipinski definition) is 0. The van der Waals surface area contributed by atoms with Crippen molar-refractivity contribution in [2.75, 3.05) is 13.2 Å². The van der Waals surface area contributed by atoms with Gasteiger partial charge in [0.05, 0.1) is 15.8 Å². The number of aryl methyl sites for hydroxylation is 1. The summed E-state index contributed by atoms with van der Waals surface area (Å²) in [4.78, 5) is 31.3. The summed E-state index contributed by atoms with van der Waals surface area (Å²) in [6.07, 6.45) is 3.49. The van der Waals surface area contributed by atoms with E-state index in [4.69, 9.17) is 23.7 Å². The van der Waals surface area contributed by atoms with Crippen LogP contribution in [0.3, 0.4) is 0 Å². The van der Waals surface area contributed by atoms with Crippen LogP contribution in [0.4, 0.5) is 0 Å². The van der Waals surface area contributed by atoms with Crippen molar-refractivity contribution in [1.29, 1.82) is 0 Å². The fourth-order valence-corrected chi connectivity index (χ4v) is 7.37. The van der Waals surface area contributed by atoms with E-state index in [-0.39, 0.29) is 18.1 Å². The van der Waals surface area contributed by atoms with E-state index in [1.165, 1.54) is 12.1 Å². The summed E-state index contributed by atoms with van der Waals surface area (Å²) in [5.41, 5.74) is 0.799. The molecular weight excluding hydrogens is 755 g/mol. The van der Waals surface area contributed by atoms with Crippen LogP contribution in [0, 0.1) is 6.92 Å². The van der Waals surface area contributed by atoms with Gasteiger partial charge in [0.1, 0.15) is 45.2 Å². The summed E-state index contributed by atoms with van der Waals surface area (Å²) in [6, 6.07) is 33.0. The zero-order valence-electron chi connectivity index (χ0n) is 32.5. The number of pyridine rings is 1.